The topological polar surface area (TPSA) is 25.8 Å². The molecule has 2 rings (SSSR count). The van der Waals surface area contributed by atoms with Gasteiger partial charge in [0, 0.05) is 17.3 Å². The highest BCUT2D eigenvalue weighted by Gasteiger charge is 2.08. The number of hydrogen-bond acceptors (Lipinski definition) is 2. The predicted molar refractivity (Wildman–Crippen MR) is 80.8 cm³/mol. The van der Waals surface area contributed by atoms with E-state index in [-0.39, 0.29) is 0 Å². The van der Waals surface area contributed by atoms with Gasteiger partial charge in [0.1, 0.15) is 5.15 Å². The van der Waals surface area contributed by atoms with Crippen molar-refractivity contribution < 1.29 is 0 Å². The summed E-state index contributed by atoms with van der Waals surface area (Å²) in [5.74, 6) is 0.541. The minimum atomic E-state index is 0.424. The van der Waals surface area contributed by atoms with Crippen LogP contribution in [0.5, 0.6) is 0 Å². The van der Waals surface area contributed by atoms with E-state index < -0.39 is 0 Å². The molecule has 1 aromatic carbocycles. The van der Waals surface area contributed by atoms with E-state index in [1.807, 2.05) is 30.3 Å². The Kier molecular flexibility index (Phi) is 4.26. The van der Waals surface area contributed by atoms with Crippen LogP contribution in [0.1, 0.15) is 5.82 Å². The quantitative estimate of drug-likeness (QED) is 0.600. The summed E-state index contributed by atoms with van der Waals surface area (Å²) in [6.45, 7) is 7.38. The van der Waals surface area contributed by atoms with Crippen molar-refractivity contribution in [3.05, 3.63) is 78.9 Å². The second-order valence-corrected chi connectivity index (χ2v) is 4.18. The average molecular weight is 269 g/mol. The van der Waals surface area contributed by atoms with E-state index in [1.165, 1.54) is 0 Å². The van der Waals surface area contributed by atoms with Gasteiger partial charge in [0.15, 0.2) is 5.82 Å². The van der Waals surface area contributed by atoms with Crippen LogP contribution < -0.4 is 0 Å². The smallest absolute Gasteiger partial charge is 0.160 e. The fraction of sp³-hybridized carbons (Fsp3) is 0. The Labute approximate surface area is 117 Å². The zero-order valence-electron chi connectivity index (χ0n) is 10.4. The van der Waals surface area contributed by atoms with Crippen LogP contribution in [0.25, 0.3) is 16.7 Å². The molecule has 0 atom stereocenters. The van der Waals surface area contributed by atoms with Gasteiger partial charge in [-0.3, -0.25) is 0 Å². The van der Waals surface area contributed by atoms with Crippen LogP contribution in [-0.4, -0.2) is 9.97 Å². The normalized spacial score (nSPS) is 11.1. The Bertz CT molecular complexity index is 630. The summed E-state index contributed by atoms with van der Waals surface area (Å²) in [6.07, 6.45) is 6.86. The maximum atomic E-state index is 6.23. The molecule has 0 N–H and O–H groups in total. The van der Waals surface area contributed by atoms with Crippen molar-refractivity contribution in [2.45, 2.75) is 0 Å². The molecule has 0 saturated heterocycles. The van der Waals surface area contributed by atoms with Crippen LogP contribution >= 0.6 is 11.6 Å². The van der Waals surface area contributed by atoms with Gasteiger partial charge in [0.25, 0.3) is 0 Å². The number of benzene rings is 1. The van der Waals surface area contributed by atoms with E-state index in [9.17, 15) is 0 Å². The first kappa shape index (κ1) is 13.2. The lowest BCUT2D eigenvalue weighted by Gasteiger charge is -2.06. The highest BCUT2D eigenvalue weighted by Crippen LogP contribution is 2.26. The SMILES string of the molecule is C=C/C=C(\C=C)c1ncc(-c2ccccc2)c(Cl)n1. The van der Waals surface area contributed by atoms with E-state index in [0.717, 1.165) is 16.7 Å². The summed E-state index contributed by atoms with van der Waals surface area (Å²) in [5, 5.41) is 0.424. The Morgan fingerprint density at radius 1 is 1.16 bits per heavy atom. The molecule has 0 aliphatic heterocycles. The Morgan fingerprint density at radius 2 is 1.89 bits per heavy atom. The van der Waals surface area contributed by atoms with Gasteiger partial charge in [-0.25, -0.2) is 9.97 Å². The maximum Gasteiger partial charge on any atom is 0.160 e. The van der Waals surface area contributed by atoms with Crippen LogP contribution in [0.2, 0.25) is 5.15 Å². The molecule has 0 aliphatic rings. The molecule has 0 aliphatic carbocycles. The van der Waals surface area contributed by atoms with Gasteiger partial charge < -0.3 is 0 Å². The van der Waals surface area contributed by atoms with Gasteiger partial charge in [-0.2, -0.15) is 0 Å². The summed E-state index contributed by atoms with van der Waals surface area (Å²) in [6, 6.07) is 9.80. The number of hydrogen-bond donors (Lipinski definition) is 0. The van der Waals surface area contributed by atoms with Crippen molar-refractivity contribution >= 4 is 17.2 Å². The van der Waals surface area contributed by atoms with E-state index in [2.05, 4.69) is 23.1 Å². The molecule has 0 amide bonds. The zero-order valence-corrected chi connectivity index (χ0v) is 11.1. The lowest BCUT2D eigenvalue weighted by molar-refractivity contribution is 1.12. The predicted octanol–water partition coefficient (Wildman–Crippen LogP) is 4.55. The van der Waals surface area contributed by atoms with Crippen LogP contribution in [0.4, 0.5) is 0 Å². The Morgan fingerprint density at radius 3 is 2.47 bits per heavy atom. The van der Waals surface area contributed by atoms with Gasteiger partial charge in [-0.1, -0.05) is 73.3 Å². The van der Waals surface area contributed by atoms with E-state index in [1.54, 1.807) is 24.4 Å². The molecular formula is C16H13ClN2. The number of rotatable bonds is 4. The van der Waals surface area contributed by atoms with Crippen molar-refractivity contribution in [1.29, 1.82) is 0 Å². The van der Waals surface area contributed by atoms with Gasteiger partial charge in [0.05, 0.1) is 0 Å². The number of allylic oxidation sites excluding steroid dienone is 4. The minimum absolute atomic E-state index is 0.424. The Hall–Kier alpha value is -2.19. The standard InChI is InChI=1S/C16H13ClN2/c1-3-8-12(4-2)16-18-11-14(15(17)19-16)13-9-6-5-7-10-13/h3-11H,1-2H2/b12-8+. The molecule has 0 spiro atoms. The van der Waals surface area contributed by atoms with Crippen LogP contribution in [-0.2, 0) is 0 Å². The molecule has 1 aromatic heterocycles. The van der Waals surface area contributed by atoms with E-state index in [0.29, 0.717) is 11.0 Å². The van der Waals surface area contributed by atoms with E-state index >= 15 is 0 Å². The second kappa shape index (κ2) is 6.12. The van der Waals surface area contributed by atoms with Crippen molar-refractivity contribution in [3.63, 3.8) is 0 Å². The largest absolute Gasteiger partial charge is 0.236 e. The molecule has 0 radical (unpaired) electrons. The fourth-order valence-electron chi connectivity index (χ4n) is 1.67. The molecule has 94 valence electrons. The summed E-state index contributed by atoms with van der Waals surface area (Å²) in [4.78, 5) is 8.63. The van der Waals surface area contributed by atoms with Crippen LogP contribution in [0.15, 0.2) is 67.9 Å². The summed E-state index contributed by atoms with van der Waals surface area (Å²) < 4.78 is 0. The van der Waals surface area contributed by atoms with Crippen molar-refractivity contribution in [2.75, 3.05) is 0 Å². The first-order valence-electron chi connectivity index (χ1n) is 5.79. The third-order valence-corrected chi connectivity index (χ3v) is 2.89. The van der Waals surface area contributed by atoms with Crippen molar-refractivity contribution in [1.82, 2.24) is 9.97 Å². The molecule has 19 heavy (non-hydrogen) atoms. The second-order valence-electron chi connectivity index (χ2n) is 3.83. The third-order valence-electron chi connectivity index (χ3n) is 2.60. The molecule has 0 bridgehead atoms. The van der Waals surface area contributed by atoms with E-state index in [4.69, 9.17) is 11.6 Å². The highest BCUT2D eigenvalue weighted by molar-refractivity contribution is 6.32. The maximum absolute atomic E-state index is 6.23. The van der Waals surface area contributed by atoms with Gasteiger partial charge in [0.2, 0.25) is 0 Å². The third kappa shape index (κ3) is 2.98. The molecular weight excluding hydrogens is 256 g/mol. The van der Waals surface area contributed by atoms with Crippen LogP contribution in [0, 0.1) is 0 Å². The van der Waals surface area contributed by atoms with Gasteiger partial charge >= 0.3 is 0 Å². The molecule has 2 nitrogen and oxygen atoms in total. The number of halogens is 1. The fourth-order valence-corrected chi connectivity index (χ4v) is 1.91. The number of nitrogens with zero attached hydrogens (tertiary/aromatic N) is 2. The molecule has 0 unspecified atom stereocenters. The zero-order chi connectivity index (χ0) is 13.7. The van der Waals surface area contributed by atoms with Gasteiger partial charge in [-0.15, -0.1) is 0 Å². The molecule has 2 aromatic rings. The summed E-state index contributed by atoms with van der Waals surface area (Å²) in [7, 11) is 0. The molecule has 3 heteroatoms. The van der Waals surface area contributed by atoms with Crippen LogP contribution in [0.3, 0.4) is 0 Å². The first-order valence-corrected chi connectivity index (χ1v) is 6.17. The van der Waals surface area contributed by atoms with Crippen molar-refractivity contribution in [2.24, 2.45) is 0 Å². The molecule has 1 heterocycles. The Balaban J connectivity index is 2.46. The number of aromatic nitrogens is 2. The molecule has 0 fully saturated rings. The lowest BCUT2D eigenvalue weighted by atomic mass is 10.1. The van der Waals surface area contributed by atoms with Crippen molar-refractivity contribution in [3.8, 4) is 11.1 Å². The minimum Gasteiger partial charge on any atom is -0.236 e. The summed E-state index contributed by atoms with van der Waals surface area (Å²) in [5.41, 5.74) is 2.59. The molecule has 0 saturated carbocycles. The van der Waals surface area contributed by atoms with Gasteiger partial charge in [-0.05, 0) is 5.56 Å². The highest BCUT2D eigenvalue weighted by atomic mass is 35.5. The summed E-state index contributed by atoms with van der Waals surface area (Å²) >= 11 is 6.23. The average Bonchev–Trinajstić information content (AvgIpc) is 2.45. The monoisotopic (exact) mass is 268 g/mol. The first-order chi connectivity index (χ1) is 9.26. The lowest BCUT2D eigenvalue weighted by Crippen LogP contribution is -1.94.